The largest absolute Gasteiger partial charge is 0.478 e. The number of oxazole rings is 1. The highest BCUT2D eigenvalue weighted by Crippen LogP contribution is 2.33. The van der Waals surface area contributed by atoms with Gasteiger partial charge in [0.2, 0.25) is 5.89 Å². The Balaban J connectivity index is 1.50. The normalized spacial score (nSPS) is 11.8. The number of hydrogen-bond acceptors (Lipinski definition) is 9. The van der Waals surface area contributed by atoms with Crippen molar-refractivity contribution in [3.05, 3.63) is 66.4 Å². The van der Waals surface area contributed by atoms with Crippen molar-refractivity contribution >= 4 is 27.3 Å². The number of benzene rings is 2. The van der Waals surface area contributed by atoms with Crippen LogP contribution in [0.2, 0.25) is 0 Å². The number of anilines is 1. The molecule has 0 unspecified atom stereocenters. The van der Waals surface area contributed by atoms with E-state index in [0.29, 0.717) is 17.0 Å². The summed E-state index contributed by atoms with van der Waals surface area (Å²) in [4.78, 5) is 4.11. The summed E-state index contributed by atoms with van der Waals surface area (Å²) in [5.41, 5.74) is 1.04. The van der Waals surface area contributed by atoms with E-state index < -0.39 is 16.0 Å². The lowest BCUT2D eigenvalue weighted by molar-refractivity contribution is 0.338. The van der Waals surface area contributed by atoms with Gasteiger partial charge in [-0.25, -0.2) is 8.42 Å². The molecule has 0 atom stereocenters. The Morgan fingerprint density at radius 2 is 1.77 bits per heavy atom. The summed E-state index contributed by atoms with van der Waals surface area (Å²) < 4.78 is 37.1. The number of sulfonamides is 1. The first-order valence-corrected chi connectivity index (χ1v) is 10.1. The number of aromatic nitrogens is 2. The van der Waals surface area contributed by atoms with Gasteiger partial charge in [-0.2, -0.15) is 4.98 Å². The lowest BCUT2D eigenvalue weighted by atomic mass is 10.2. The molecule has 2 heterocycles. The van der Waals surface area contributed by atoms with E-state index in [-0.39, 0.29) is 22.4 Å². The van der Waals surface area contributed by atoms with Crippen LogP contribution in [-0.2, 0) is 10.0 Å². The first kappa shape index (κ1) is 19.3. The minimum atomic E-state index is -3.83. The Morgan fingerprint density at radius 1 is 1.03 bits per heavy atom. The Hall–Kier alpha value is -3.99. The number of aromatic hydroxyl groups is 1. The SMILES string of the molecule is Cc1cc(NS(=O)(=O)c2ccc(N=Nc3nc(-c4ccccc4)oc3O)cc2)no1. The summed E-state index contributed by atoms with van der Waals surface area (Å²) in [5.74, 6) is 0.220. The second-order valence-corrected chi connectivity index (χ2v) is 7.82. The number of azo groups is 1. The number of nitrogens with one attached hydrogen (secondary N) is 1. The van der Waals surface area contributed by atoms with Gasteiger partial charge in [0.1, 0.15) is 5.76 Å². The fourth-order valence-electron chi connectivity index (χ4n) is 2.48. The first-order valence-electron chi connectivity index (χ1n) is 8.64. The number of rotatable bonds is 6. The van der Waals surface area contributed by atoms with Crippen LogP contribution in [0, 0.1) is 6.92 Å². The summed E-state index contributed by atoms with van der Waals surface area (Å²) >= 11 is 0. The van der Waals surface area contributed by atoms with Crippen LogP contribution in [0.3, 0.4) is 0 Å². The molecule has 30 heavy (non-hydrogen) atoms. The molecule has 0 radical (unpaired) electrons. The molecular formula is C19H15N5O5S. The van der Waals surface area contributed by atoms with Gasteiger partial charge in [0, 0.05) is 11.6 Å². The molecule has 10 nitrogen and oxygen atoms in total. The molecule has 0 saturated carbocycles. The molecule has 2 N–H and O–H groups in total. The molecule has 2 aromatic heterocycles. The highest BCUT2D eigenvalue weighted by Gasteiger charge is 2.16. The van der Waals surface area contributed by atoms with Crippen LogP contribution in [0.4, 0.5) is 17.3 Å². The highest BCUT2D eigenvalue weighted by atomic mass is 32.2. The zero-order valence-electron chi connectivity index (χ0n) is 15.6. The van der Waals surface area contributed by atoms with Crippen LogP contribution in [-0.4, -0.2) is 23.7 Å². The van der Waals surface area contributed by atoms with E-state index in [2.05, 4.69) is 25.1 Å². The fourth-order valence-corrected chi connectivity index (χ4v) is 3.47. The van der Waals surface area contributed by atoms with E-state index in [1.54, 1.807) is 19.1 Å². The van der Waals surface area contributed by atoms with Crippen molar-refractivity contribution in [2.75, 3.05) is 4.72 Å². The minimum Gasteiger partial charge on any atom is -0.478 e. The average Bonchev–Trinajstić information content (AvgIpc) is 3.32. The predicted molar refractivity (Wildman–Crippen MR) is 106 cm³/mol. The maximum absolute atomic E-state index is 12.4. The number of aryl methyl sites for hydroxylation is 1. The second kappa shape index (κ2) is 7.79. The third kappa shape index (κ3) is 4.20. The van der Waals surface area contributed by atoms with Crippen LogP contribution in [0.1, 0.15) is 5.76 Å². The van der Waals surface area contributed by atoms with E-state index in [0.717, 1.165) is 0 Å². The zero-order valence-corrected chi connectivity index (χ0v) is 16.4. The van der Waals surface area contributed by atoms with Crippen LogP contribution in [0.25, 0.3) is 11.5 Å². The lowest BCUT2D eigenvalue weighted by Gasteiger charge is -2.04. The van der Waals surface area contributed by atoms with Crippen molar-refractivity contribution < 1.29 is 22.5 Å². The highest BCUT2D eigenvalue weighted by molar-refractivity contribution is 7.92. The zero-order chi connectivity index (χ0) is 21.1. The quantitative estimate of drug-likeness (QED) is 0.431. The predicted octanol–water partition coefficient (Wildman–Crippen LogP) is 4.56. The van der Waals surface area contributed by atoms with Crippen LogP contribution in [0.15, 0.2) is 84.7 Å². The Kier molecular flexibility index (Phi) is 5.02. The molecule has 0 spiro atoms. The van der Waals surface area contributed by atoms with E-state index in [4.69, 9.17) is 8.94 Å². The summed E-state index contributed by atoms with van der Waals surface area (Å²) in [6, 6.07) is 16.1. The lowest BCUT2D eigenvalue weighted by Crippen LogP contribution is -2.12. The van der Waals surface area contributed by atoms with Gasteiger partial charge in [0.25, 0.3) is 15.8 Å². The van der Waals surface area contributed by atoms with Gasteiger partial charge in [-0.1, -0.05) is 23.4 Å². The Labute approximate surface area is 170 Å². The van der Waals surface area contributed by atoms with Gasteiger partial charge >= 0.3 is 5.95 Å². The van der Waals surface area contributed by atoms with Crippen molar-refractivity contribution in [2.45, 2.75) is 11.8 Å². The molecular weight excluding hydrogens is 410 g/mol. The molecule has 0 aliphatic heterocycles. The first-order chi connectivity index (χ1) is 14.4. The van der Waals surface area contributed by atoms with Crippen molar-refractivity contribution in [3.63, 3.8) is 0 Å². The van der Waals surface area contributed by atoms with E-state index in [9.17, 15) is 13.5 Å². The molecule has 2 aromatic carbocycles. The molecule has 0 bridgehead atoms. The monoisotopic (exact) mass is 425 g/mol. The van der Waals surface area contributed by atoms with Crippen molar-refractivity contribution in [1.82, 2.24) is 10.1 Å². The smallest absolute Gasteiger partial charge is 0.332 e. The minimum absolute atomic E-state index is 0.0118. The van der Waals surface area contributed by atoms with Crippen molar-refractivity contribution in [2.24, 2.45) is 10.2 Å². The summed E-state index contributed by atoms with van der Waals surface area (Å²) in [6.07, 6.45) is 0. The maximum atomic E-state index is 12.4. The van der Waals surface area contributed by atoms with Gasteiger partial charge in [0.05, 0.1) is 10.6 Å². The Bertz CT molecular complexity index is 1290. The molecule has 0 saturated heterocycles. The number of hydrogen-bond donors (Lipinski definition) is 2. The molecule has 11 heteroatoms. The molecule has 4 aromatic rings. The van der Waals surface area contributed by atoms with Gasteiger partial charge in [0.15, 0.2) is 5.82 Å². The molecule has 0 fully saturated rings. The maximum Gasteiger partial charge on any atom is 0.332 e. The molecule has 152 valence electrons. The van der Waals surface area contributed by atoms with Gasteiger partial charge in [-0.3, -0.25) is 4.72 Å². The fraction of sp³-hybridized carbons (Fsp3) is 0.0526. The Morgan fingerprint density at radius 3 is 2.43 bits per heavy atom. The van der Waals surface area contributed by atoms with Crippen molar-refractivity contribution in [3.8, 4) is 17.4 Å². The molecule has 0 amide bonds. The van der Waals surface area contributed by atoms with Crippen LogP contribution in [0.5, 0.6) is 5.95 Å². The number of nitrogens with zero attached hydrogens (tertiary/aromatic N) is 4. The third-order valence-electron chi connectivity index (χ3n) is 3.89. The van der Waals surface area contributed by atoms with Crippen LogP contribution < -0.4 is 4.72 Å². The average molecular weight is 425 g/mol. The van der Waals surface area contributed by atoms with Gasteiger partial charge < -0.3 is 14.0 Å². The third-order valence-corrected chi connectivity index (χ3v) is 5.26. The van der Waals surface area contributed by atoms with E-state index >= 15 is 0 Å². The van der Waals surface area contributed by atoms with E-state index in [1.807, 2.05) is 18.2 Å². The second-order valence-electron chi connectivity index (χ2n) is 6.14. The van der Waals surface area contributed by atoms with Gasteiger partial charge in [-0.05, 0) is 43.3 Å². The van der Waals surface area contributed by atoms with E-state index in [1.165, 1.54) is 30.3 Å². The summed E-state index contributed by atoms with van der Waals surface area (Å²) in [6.45, 7) is 1.65. The molecule has 4 rings (SSSR count). The van der Waals surface area contributed by atoms with Crippen LogP contribution >= 0.6 is 0 Å². The summed E-state index contributed by atoms with van der Waals surface area (Å²) in [5, 5.41) is 21.3. The van der Waals surface area contributed by atoms with Crippen molar-refractivity contribution in [1.29, 1.82) is 0 Å². The molecule has 0 aliphatic rings. The van der Waals surface area contributed by atoms with Gasteiger partial charge in [-0.15, -0.1) is 10.2 Å². The molecule has 0 aliphatic carbocycles. The topological polar surface area (TPSA) is 143 Å². The standard InChI is InChI=1S/C19H15N5O5S/c1-12-11-16(23-29-12)24-30(26,27)15-9-7-14(8-10-15)21-22-17-19(25)28-18(20-17)13-5-3-2-4-6-13/h2-11,25H,1H3,(H,23,24). The summed E-state index contributed by atoms with van der Waals surface area (Å²) in [7, 11) is -3.83.